The molecule has 0 spiro atoms. The lowest BCUT2D eigenvalue weighted by Gasteiger charge is -2.20. The fraction of sp³-hybridized carbons (Fsp3) is 0.929. The van der Waals surface area contributed by atoms with Crippen LogP contribution in [0, 0.1) is 5.92 Å². The highest BCUT2D eigenvalue weighted by Gasteiger charge is 2.29. The van der Waals surface area contributed by atoms with Crippen molar-refractivity contribution in [3.63, 3.8) is 0 Å². The summed E-state index contributed by atoms with van der Waals surface area (Å²) < 4.78 is 5.18. The number of hydrogen-bond acceptors (Lipinski definition) is 3. The van der Waals surface area contributed by atoms with E-state index in [1.165, 1.54) is 6.42 Å². The van der Waals surface area contributed by atoms with E-state index in [9.17, 15) is 4.79 Å². The summed E-state index contributed by atoms with van der Waals surface area (Å²) in [4.78, 5) is 11.4. The summed E-state index contributed by atoms with van der Waals surface area (Å²) in [6.07, 6.45) is 3.08. The average Bonchev–Trinajstić information content (AvgIpc) is 2.50. The van der Waals surface area contributed by atoms with E-state index in [1.54, 1.807) is 0 Å². The van der Waals surface area contributed by atoms with Gasteiger partial charge in [0.15, 0.2) is 0 Å². The molecule has 1 rings (SSSR count). The van der Waals surface area contributed by atoms with Crippen LogP contribution < -0.4 is 10.6 Å². The fourth-order valence-electron chi connectivity index (χ4n) is 2.39. The van der Waals surface area contributed by atoms with Crippen LogP contribution in [0.4, 0.5) is 4.79 Å². The second-order valence-electron chi connectivity index (χ2n) is 6.91. The summed E-state index contributed by atoms with van der Waals surface area (Å²) in [5.41, 5.74) is -0.132. The number of amides is 1. The largest absolute Gasteiger partial charge is 0.444 e. The first-order valence-electron chi connectivity index (χ1n) is 6.90. The Morgan fingerprint density at radius 2 is 2.11 bits per heavy atom. The third-order valence-electron chi connectivity index (χ3n) is 3.13. The second kappa shape index (κ2) is 5.91. The van der Waals surface area contributed by atoms with Crippen LogP contribution >= 0.6 is 0 Å². The highest BCUT2D eigenvalue weighted by Crippen LogP contribution is 2.26. The lowest BCUT2D eigenvalue weighted by atomic mass is 9.94. The first-order valence-corrected chi connectivity index (χ1v) is 6.90. The molecule has 0 aromatic heterocycles. The number of hydrogen-bond donors (Lipinski definition) is 2. The minimum absolute atomic E-state index is 0.281. The Kier molecular flexibility index (Phi) is 5.02. The Morgan fingerprint density at radius 3 is 2.61 bits per heavy atom. The van der Waals surface area contributed by atoms with E-state index in [0.717, 1.165) is 25.3 Å². The molecule has 1 saturated heterocycles. The number of rotatable bonds is 4. The molecular formula is C14H28N2O2. The van der Waals surface area contributed by atoms with Gasteiger partial charge in [0.05, 0.1) is 0 Å². The summed E-state index contributed by atoms with van der Waals surface area (Å²) in [6, 6.07) is 0. The zero-order valence-electron chi connectivity index (χ0n) is 12.4. The lowest BCUT2D eigenvalue weighted by molar-refractivity contribution is 0.0526. The molecule has 1 fully saturated rings. The van der Waals surface area contributed by atoms with Crippen molar-refractivity contribution < 1.29 is 9.53 Å². The van der Waals surface area contributed by atoms with E-state index < -0.39 is 5.60 Å². The smallest absolute Gasteiger partial charge is 0.407 e. The molecule has 4 nitrogen and oxygen atoms in total. The van der Waals surface area contributed by atoms with Gasteiger partial charge in [0, 0.05) is 12.1 Å². The van der Waals surface area contributed by atoms with Crippen LogP contribution in [0.1, 0.15) is 53.9 Å². The number of carbonyl (C=O) groups is 1. The van der Waals surface area contributed by atoms with Crippen LogP contribution in [0.25, 0.3) is 0 Å². The van der Waals surface area contributed by atoms with Gasteiger partial charge < -0.3 is 15.4 Å². The molecule has 106 valence electrons. The van der Waals surface area contributed by atoms with Crippen LogP contribution in [-0.2, 0) is 4.74 Å². The molecule has 0 aliphatic carbocycles. The van der Waals surface area contributed by atoms with Crippen molar-refractivity contribution >= 4 is 6.09 Å². The Morgan fingerprint density at radius 1 is 1.44 bits per heavy atom. The number of nitrogens with one attached hydrogen (secondary N) is 2. The van der Waals surface area contributed by atoms with Crippen molar-refractivity contribution in [3.05, 3.63) is 0 Å². The van der Waals surface area contributed by atoms with Gasteiger partial charge >= 0.3 is 6.09 Å². The van der Waals surface area contributed by atoms with Crippen LogP contribution in [0.3, 0.4) is 0 Å². The highest BCUT2D eigenvalue weighted by atomic mass is 16.6. The van der Waals surface area contributed by atoms with Crippen molar-refractivity contribution in [2.75, 3.05) is 13.1 Å². The average molecular weight is 256 g/mol. The van der Waals surface area contributed by atoms with Crippen molar-refractivity contribution in [2.45, 2.75) is 65.0 Å². The first kappa shape index (κ1) is 15.3. The number of alkyl carbamates (subject to hydrolysis) is 1. The predicted octanol–water partition coefficient (Wildman–Crippen LogP) is 2.68. The van der Waals surface area contributed by atoms with Crippen LogP contribution in [-0.4, -0.2) is 30.3 Å². The molecule has 0 radical (unpaired) electrons. The van der Waals surface area contributed by atoms with Crippen molar-refractivity contribution in [1.82, 2.24) is 10.6 Å². The molecule has 1 heterocycles. The number of ether oxygens (including phenoxy) is 1. The van der Waals surface area contributed by atoms with E-state index in [4.69, 9.17) is 4.74 Å². The summed E-state index contributed by atoms with van der Waals surface area (Å²) >= 11 is 0. The Labute approximate surface area is 111 Å². The predicted molar refractivity (Wildman–Crippen MR) is 73.7 cm³/mol. The Bertz CT molecular complexity index is 282. The molecule has 0 bridgehead atoms. The quantitative estimate of drug-likeness (QED) is 0.760. The van der Waals surface area contributed by atoms with E-state index >= 15 is 0 Å². The maximum atomic E-state index is 11.4. The SMILES string of the molecule is CC1(C)C[C@@H](CCCNC(=O)OC(C)(C)C)CN1. The van der Waals surface area contributed by atoms with Crippen molar-refractivity contribution in [1.29, 1.82) is 0 Å². The molecule has 0 unspecified atom stereocenters. The minimum atomic E-state index is -0.413. The van der Waals surface area contributed by atoms with Gasteiger partial charge in [0.25, 0.3) is 0 Å². The van der Waals surface area contributed by atoms with Gasteiger partial charge in [-0.05, 0) is 66.3 Å². The van der Waals surface area contributed by atoms with E-state index in [2.05, 4.69) is 24.5 Å². The van der Waals surface area contributed by atoms with Crippen LogP contribution in [0.15, 0.2) is 0 Å². The van der Waals surface area contributed by atoms with Gasteiger partial charge in [-0.1, -0.05) is 0 Å². The van der Waals surface area contributed by atoms with Gasteiger partial charge in [-0.15, -0.1) is 0 Å². The second-order valence-corrected chi connectivity index (χ2v) is 6.91. The molecule has 0 aromatic rings. The maximum absolute atomic E-state index is 11.4. The topological polar surface area (TPSA) is 50.4 Å². The van der Waals surface area contributed by atoms with Gasteiger partial charge in [-0.25, -0.2) is 4.79 Å². The van der Waals surface area contributed by atoms with Crippen LogP contribution in [0.5, 0.6) is 0 Å². The third kappa shape index (κ3) is 6.24. The molecular weight excluding hydrogens is 228 g/mol. The Balaban J connectivity index is 2.07. The lowest BCUT2D eigenvalue weighted by Crippen LogP contribution is -2.33. The van der Waals surface area contributed by atoms with E-state index in [1.807, 2.05) is 20.8 Å². The fourth-order valence-corrected chi connectivity index (χ4v) is 2.39. The molecule has 0 aromatic carbocycles. The van der Waals surface area contributed by atoms with Gasteiger partial charge in [-0.2, -0.15) is 0 Å². The Hall–Kier alpha value is -0.770. The molecule has 4 heteroatoms. The van der Waals surface area contributed by atoms with Crippen LogP contribution in [0.2, 0.25) is 0 Å². The number of carbonyl (C=O) groups excluding carboxylic acids is 1. The summed E-state index contributed by atoms with van der Waals surface area (Å²) in [7, 11) is 0. The van der Waals surface area contributed by atoms with Gasteiger partial charge in [0.1, 0.15) is 5.60 Å². The molecule has 1 amide bonds. The zero-order valence-corrected chi connectivity index (χ0v) is 12.4. The molecule has 0 saturated carbocycles. The monoisotopic (exact) mass is 256 g/mol. The molecule has 1 aliphatic heterocycles. The molecule has 1 aliphatic rings. The van der Waals surface area contributed by atoms with Crippen molar-refractivity contribution in [2.24, 2.45) is 5.92 Å². The van der Waals surface area contributed by atoms with Gasteiger partial charge in [-0.3, -0.25) is 0 Å². The standard InChI is InChI=1S/C14H28N2O2/c1-13(2,3)18-12(17)15-8-6-7-11-9-14(4,5)16-10-11/h11,16H,6-10H2,1-5H3,(H,15,17)/t11-/m1/s1. The van der Waals surface area contributed by atoms with E-state index in [-0.39, 0.29) is 11.6 Å². The molecule has 2 N–H and O–H groups in total. The first-order chi connectivity index (χ1) is 8.18. The molecule has 1 atom stereocenters. The van der Waals surface area contributed by atoms with Gasteiger partial charge in [0.2, 0.25) is 0 Å². The molecule has 18 heavy (non-hydrogen) atoms. The maximum Gasteiger partial charge on any atom is 0.407 e. The zero-order chi connectivity index (χ0) is 13.8. The highest BCUT2D eigenvalue weighted by molar-refractivity contribution is 5.67. The normalized spacial score (nSPS) is 22.8. The summed E-state index contributed by atoms with van der Waals surface area (Å²) in [6.45, 7) is 11.9. The van der Waals surface area contributed by atoms with E-state index in [0.29, 0.717) is 6.54 Å². The summed E-state index contributed by atoms with van der Waals surface area (Å²) in [5.74, 6) is 0.737. The summed E-state index contributed by atoms with van der Waals surface area (Å²) in [5, 5.41) is 6.32. The van der Waals surface area contributed by atoms with Crippen molar-refractivity contribution in [3.8, 4) is 0 Å². The third-order valence-corrected chi connectivity index (χ3v) is 3.13. The minimum Gasteiger partial charge on any atom is -0.444 e.